The predicted octanol–water partition coefficient (Wildman–Crippen LogP) is 5.08. The third-order valence-electron chi connectivity index (χ3n) is 4.86. The molecule has 1 N–H and O–H groups in total. The smallest absolute Gasteiger partial charge is 0.255 e. The van der Waals surface area contributed by atoms with Crippen LogP contribution in [0.15, 0.2) is 36.8 Å². The number of amides is 1. The van der Waals surface area contributed by atoms with Gasteiger partial charge in [0.15, 0.2) is 0 Å². The van der Waals surface area contributed by atoms with Crippen molar-refractivity contribution in [1.29, 1.82) is 0 Å². The maximum absolute atomic E-state index is 12.7. The summed E-state index contributed by atoms with van der Waals surface area (Å²) in [5.74, 6) is -0.269. The number of ether oxygens (including phenoxy) is 1. The lowest BCUT2D eigenvalue weighted by Crippen LogP contribution is -2.15. The number of aryl methyl sites for hydroxylation is 1. The topological polar surface area (TPSA) is 56.1 Å². The summed E-state index contributed by atoms with van der Waals surface area (Å²) in [4.78, 5) is 16.6. The van der Waals surface area contributed by atoms with Gasteiger partial charge in [-0.25, -0.2) is 0 Å². The number of anilines is 1. The summed E-state index contributed by atoms with van der Waals surface area (Å²) < 4.78 is 7.93. The molecule has 1 unspecified atom stereocenters. The number of halogens is 2. The fraction of sp³-hybridized carbons (Fsp3) is 0.300. The van der Waals surface area contributed by atoms with Crippen molar-refractivity contribution < 1.29 is 9.53 Å². The highest BCUT2D eigenvalue weighted by Crippen LogP contribution is 2.30. The molecule has 1 atom stereocenters. The molecule has 1 aliphatic heterocycles. The fourth-order valence-corrected chi connectivity index (χ4v) is 3.95. The van der Waals surface area contributed by atoms with Crippen LogP contribution in [0.25, 0.3) is 10.9 Å². The first-order valence-electron chi connectivity index (χ1n) is 8.84. The number of carbonyl (C=O) groups is 1. The van der Waals surface area contributed by atoms with Crippen molar-refractivity contribution in [2.75, 3.05) is 11.9 Å². The first-order chi connectivity index (χ1) is 13.0. The second-order valence-electron chi connectivity index (χ2n) is 6.76. The maximum Gasteiger partial charge on any atom is 0.255 e. The van der Waals surface area contributed by atoms with Crippen LogP contribution >= 0.6 is 23.2 Å². The Balaban J connectivity index is 1.64. The van der Waals surface area contributed by atoms with Gasteiger partial charge in [-0.05, 0) is 37.5 Å². The second-order valence-corrected chi connectivity index (χ2v) is 7.58. The van der Waals surface area contributed by atoms with E-state index in [1.165, 1.54) is 18.0 Å². The van der Waals surface area contributed by atoms with Crippen LogP contribution in [0, 0.1) is 6.92 Å². The Bertz CT molecular complexity index is 990. The van der Waals surface area contributed by atoms with Crippen molar-refractivity contribution in [1.82, 2.24) is 9.55 Å². The first kappa shape index (κ1) is 18.3. The zero-order chi connectivity index (χ0) is 19.0. The lowest BCUT2D eigenvalue weighted by molar-refractivity contribution is 0.0980. The minimum absolute atomic E-state index is 0.229. The van der Waals surface area contributed by atoms with Crippen LogP contribution in [0.1, 0.15) is 28.8 Å². The van der Waals surface area contributed by atoms with Gasteiger partial charge >= 0.3 is 0 Å². The number of benzene rings is 1. The van der Waals surface area contributed by atoms with Gasteiger partial charge in [-0.2, -0.15) is 0 Å². The molecule has 1 saturated heterocycles. The van der Waals surface area contributed by atoms with Crippen LogP contribution in [0.5, 0.6) is 0 Å². The van der Waals surface area contributed by atoms with E-state index in [0.717, 1.165) is 36.9 Å². The molecule has 0 spiro atoms. The Kier molecular flexibility index (Phi) is 5.08. The highest BCUT2D eigenvalue weighted by molar-refractivity contribution is 6.39. The number of fused-ring (bicyclic) bond motifs is 1. The number of nitrogens with zero attached hydrogens (tertiary/aromatic N) is 2. The van der Waals surface area contributed by atoms with Gasteiger partial charge in [-0.1, -0.05) is 29.3 Å². The summed E-state index contributed by atoms with van der Waals surface area (Å²) in [6.07, 6.45) is 7.41. The number of hydrogen-bond acceptors (Lipinski definition) is 3. The van der Waals surface area contributed by atoms with Crippen LogP contribution in [-0.4, -0.2) is 28.2 Å². The van der Waals surface area contributed by atoms with Crippen molar-refractivity contribution in [3.05, 3.63) is 58.0 Å². The monoisotopic (exact) mass is 403 g/mol. The Labute approximate surface area is 167 Å². The lowest BCUT2D eigenvalue weighted by Gasteiger charge is -2.12. The molecule has 1 amide bonds. The second kappa shape index (κ2) is 7.50. The van der Waals surface area contributed by atoms with Crippen molar-refractivity contribution in [3.8, 4) is 0 Å². The average Bonchev–Trinajstić information content (AvgIpc) is 3.27. The van der Waals surface area contributed by atoms with Gasteiger partial charge in [0.25, 0.3) is 5.91 Å². The van der Waals surface area contributed by atoms with Crippen LogP contribution in [-0.2, 0) is 11.3 Å². The normalized spacial score (nSPS) is 16.8. The largest absolute Gasteiger partial charge is 0.376 e. The molecular weight excluding hydrogens is 385 g/mol. The van der Waals surface area contributed by atoms with E-state index in [9.17, 15) is 4.79 Å². The quantitative estimate of drug-likeness (QED) is 0.660. The molecule has 0 radical (unpaired) electrons. The van der Waals surface area contributed by atoms with Gasteiger partial charge in [0.2, 0.25) is 0 Å². The SMILES string of the molecule is Cc1cn(CC2CCCO2)c2cc(C(=O)Nc3c(Cl)cncc3Cl)ccc12. The van der Waals surface area contributed by atoms with Gasteiger partial charge in [-0.15, -0.1) is 0 Å². The van der Waals surface area contributed by atoms with E-state index < -0.39 is 0 Å². The van der Waals surface area contributed by atoms with E-state index in [2.05, 4.69) is 28.0 Å². The lowest BCUT2D eigenvalue weighted by atomic mass is 10.1. The van der Waals surface area contributed by atoms with E-state index in [1.807, 2.05) is 18.2 Å². The summed E-state index contributed by atoms with van der Waals surface area (Å²) in [6, 6.07) is 5.68. The average molecular weight is 404 g/mol. The van der Waals surface area contributed by atoms with E-state index in [-0.39, 0.29) is 12.0 Å². The molecule has 1 aliphatic rings. The minimum Gasteiger partial charge on any atom is -0.376 e. The third kappa shape index (κ3) is 3.68. The molecule has 4 rings (SSSR count). The Morgan fingerprint density at radius 2 is 2.11 bits per heavy atom. The number of rotatable bonds is 4. The molecule has 7 heteroatoms. The molecule has 3 aromatic rings. The number of nitrogens with one attached hydrogen (secondary N) is 1. The first-order valence-corrected chi connectivity index (χ1v) is 9.60. The van der Waals surface area contributed by atoms with Crippen LogP contribution in [0.2, 0.25) is 10.0 Å². The van der Waals surface area contributed by atoms with Gasteiger partial charge in [0, 0.05) is 48.2 Å². The standard InChI is InChI=1S/C20H19Cl2N3O2/c1-12-10-25(11-14-3-2-6-27-14)18-7-13(4-5-15(12)18)20(26)24-19-16(21)8-23-9-17(19)22/h4-5,7-10,14H,2-3,6,11H2,1H3,(H,23,24,26). The maximum atomic E-state index is 12.7. The summed E-state index contributed by atoms with van der Waals surface area (Å²) in [5, 5.41) is 4.51. The summed E-state index contributed by atoms with van der Waals surface area (Å²) in [5.41, 5.74) is 3.10. The molecule has 2 aromatic heterocycles. The summed E-state index contributed by atoms with van der Waals surface area (Å²) in [7, 11) is 0. The molecule has 0 saturated carbocycles. The molecular formula is C20H19Cl2N3O2. The van der Waals surface area contributed by atoms with Crippen LogP contribution in [0.3, 0.4) is 0 Å². The fourth-order valence-electron chi connectivity index (χ4n) is 3.49. The van der Waals surface area contributed by atoms with Crippen molar-refractivity contribution in [2.45, 2.75) is 32.4 Å². The highest BCUT2D eigenvalue weighted by Gasteiger charge is 2.19. The number of hydrogen-bond donors (Lipinski definition) is 1. The van der Waals surface area contributed by atoms with Crippen LogP contribution in [0.4, 0.5) is 5.69 Å². The molecule has 5 nitrogen and oxygen atoms in total. The van der Waals surface area contributed by atoms with Gasteiger partial charge in [0.05, 0.1) is 21.8 Å². The van der Waals surface area contributed by atoms with Gasteiger partial charge < -0.3 is 14.6 Å². The van der Waals surface area contributed by atoms with Gasteiger partial charge in [-0.3, -0.25) is 9.78 Å². The Morgan fingerprint density at radius 3 is 2.81 bits per heavy atom. The predicted molar refractivity (Wildman–Crippen MR) is 108 cm³/mol. The molecule has 3 heterocycles. The molecule has 27 heavy (non-hydrogen) atoms. The van der Waals surface area contributed by atoms with Crippen LogP contribution < -0.4 is 5.32 Å². The van der Waals surface area contributed by atoms with E-state index in [0.29, 0.717) is 21.3 Å². The zero-order valence-electron chi connectivity index (χ0n) is 14.8. The Morgan fingerprint density at radius 1 is 1.33 bits per heavy atom. The Hall–Kier alpha value is -2.08. The van der Waals surface area contributed by atoms with Crippen molar-refractivity contribution in [3.63, 3.8) is 0 Å². The number of pyridine rings is 1. The van der Waals surface area contributed by atoms with E-state index >= 15 is 0 Å². The van der Waals surface area contributed by atoms with Crippen molar-refractivity contribution >= 4 is 45.7 Å². The van der Waals surface area contributed by atoms with E-state index in [1.54, 1.807) is 0 Å². The van der Waals surface area contributed by atoms with Gasteiger partial charge in [0.1, 0.15) is 0 Å². The number of aromatic nitrogens is 2. The van der Waals surface area contributed by atoms with E-state index in [4.69, 9.17) is 27.9 Å². The summed E-state index contributed by atoms with van der Waals surface area (Å²) in [6.45, 7) is 3.69. The molecule has 1 fully saturated rings. The molecule has 0 aliphatic carbocycles. The molecule has 0 bridgehead atoms. The molecule has 140 valence electrons. The summed E-state index contributed by atoms with van der Waals surface area (Å²) >= 11 is 12.2. The van der Waals surface area contributed by atoms with Crippen molar-refractivity contribution in [2.24, 2.45) is 0 Å². The highest BCUT2D eigenvalue weighted by atomic mass is 35.5. The number of carbonyl (C=O) groups excluding carboxylic acids is 1. The molecule has 1 aromatic carbocycles. The minimum atomic E-state index is -0.269. The zero-order valence-corrected chi connectivity index (χ0v) is 16.3. The third-order valence-corrected chi connectivity index (χ3v) is 5.43.